The van der Waals surface area contributed by atoms with Crippen molar-refractivity contribution in [2.24, 2.45) is 0 Å². The van der Waals surface area contributed by atoms with Crippen LogP contribution in [0.25, 0.3) is 11.1 Å². The van der Waals surface area contributed by atoms with E-state index >= 15 is 0 Å². The minimum atomic E-state index is -0.110. The van der Waals surface area contributed by atoms with Gasteiger partial charge in [-0.25, -0.2) is 0 Å². The molecule has 1 fully saturated rings. The molecule has 34 heavy (non-hydrogen) atoms. The number of likely N-dealkylation sites (tertiary alicyclic amines) is 1. The second-order valence-electron chi connectivity index (χ2n) is 9.22. The van der Waals surface area contributed by atoms with Crippen LogP contribution in [0.3, 0.4) is 0 Å². The number of rotatable bonds is 7. The molecular weight excluding hydrogens is 422 g/mol. The maximum absolute atomic E-state index is 13.0. The van der Waals surface area contributed by atoms with E-state index in [0.29, 0.717) is 17.5 Å². The minimum absolute atomic E-state index is 0.110. The Kier molecular flexibility index (Phi) is 7.53. The fourth-order valence-electron chi connectivity index (χ4n) is 4.73. The average molecular weight is 458 g/mol. The van der Waals surface area contributed by atoms with Crippen LogP contribution in [0.1, 0.15) is 48.5 Å². The number of nitrogens with one attached hydrogen (secondary N) is 2. The average Bonchev–Trinajstić information content (AvgIpc) is 2.88. The number of ether oxygens (including phenoxy) is 1. The first-order chi connectivity index (χ1) is 16.5. The number of hydrogen-bond donors (Lipinski definition) is 2. The fourth-order valence-corrected chi connectivity index (χ4v) is 4.73. The molecule has 0 bridgehead atoms. The second-order valence-corrected chi connectivity index (χ2v) is 9.22. The summed E-state index contributed by atoms with van der Waals surface area (Å²) in [6, 6.07) is 22.5. The van der Waals surface area contributed by atoms with Gasteiger partial charge in [-0.05, 0) is 105 Å². The van der Waals surface area contributed by atoms with Crippen LogP contribution in [0.2, 0.25) is 0 Å². The molecule has 5 heteroatoms. The van der Waals surface area contributed by atoms with Crippen molar-refractivity contribution in [1.82, 2.24) is 4.90 Å². The number of benzene rings is 3. The highest BCUT2D eigenvalue weighted by atomic mass is 16.5. The van der Waals surface area contributed by atoms with Crippen molar-refractivity contribution in [2.45, 2.75) is 38.6 Å². The number of carbonyl (C=O) groups is 1. The Morgan fingerprint density at radius 2 is 1.68 bits per heavy atom. The molecule has 0 unspecified atom stereocenters. The van der Waals surface area contributed by atoms with E-state index in [0.717, 1.165) is 54.2 Å². The largest absolute Gasteiger partial charge is 0.496 e. The lowest BCUT2D eigenvalue weighted by atomic mass is 9.88. The quantitative estimate of drug-likeness (QED) is 0.441. The van der Waals surface area contributed by atoms with Crippen molar-refractivity contribution in [3.05, 3.63) is 77.9 Å². The molecule has 1 saturated heterocycles. The Morgan fingerprint density at radius 1 is 0.941 bits per heavy atom. The highest BCUT2D eigenvalue weighted by molar-refractivity contribution is 6.04. The maximum Gasteiger partial charge on any atom is 0.255 e. The van der Waals surface area contributed by atoms with Gasteiger partial charge in [0.1, 0.15) is 5.75 Å². The van der Waals surface area contributed by atoms with Crippen LogP contribution in [-0.2, 0) is 0 Å². The molecule has 0 atom stereocenters. The van der Waals surface area contributed by atoms with E-state index in [2.05, 4.69) is 47.6 Å². The smallest absolute Gasteiger partial charge is 0.255 e. The first-order valence-electron chi connectivity index (χ1n) is 12.1. The molecule has 4 rings (SSSR count). The molecule has 3 aromatic carbocycles. The van der Waals surface area contributed by atoms with Crippen molar-refractivity contribution >= 4 is 17.3 Å². The van der Waals surface area contributed by atoms with E-state index in [9.17, 15) is 4.79 Å². The summed E-state index contributed by atoms with van der Waals surface area (Å²) < 4.78 is 5.66. The third-order valence-electron chi connectivity index (χ3n) is 6.82. The van der Waals surface area contributed by atoms with Gasteiger partial charge in [-0.1, -0.05) is 24.3 Å². The molecule has 178 valence electrons. The van der Waals surface area contributed by atoms with Gasteiger partial charge < -0.3 is 20.3 Å². The van der Waals surface area contributed by atoms with E-state index in [-0.39, 0.29) is 5.91 Å². The highest BCUT2D eigenvalue weighted by Gasteiger charge is 2.24. The molecule has 0 aliphatic carbocycles. The Bertz CT molecular complexity index is 1120. The van der Waals surface area contributed by atoms with E-state index in [1.54, 1.807) is 7.11 Å². The Hall–Kier alpha value is -3.31. The van der Waals surface area contributed by atoms with Crippen molar-refractivity contribution in [2.75, 3.05) is 37.9 Å². The SMILES string of the molecule is CNc1cccc(-c2ccc(C(=O)Nc3ccc(OC)c(C4CCN(C(C)C)CC4)c3)cc2)c1. The zero-order valence-corrected chi connectivity index (χ0v) is 20.6. The summed E-state index contributed by atoms with van der Waals surface area (Å²) in [5.41, 5.74) is 5.87. The lowest BCUT2D eigenvalue weighted by molar-refractivity contribution is 0.102. The van der Waals surface area contributed by atoms with Gasteiger partial charge in [0.2, 0.25) is 0 Å². The van der Waals surface area contributed by atoms with Gasteiger partial charge in [-0.2, -0.15) is 0 Å². The van der Waals surface area contributed by atoms with Crippen LogP contribution < -0.4 is 15.4 Å². The van der Waals surface area contributed by atoms with Crippen molar-refractivity contribution < 1.29 is 9.53 Å². The molecule has 0 spiro atoms. The number of hydrogen-bond acceptors (Lipinski definition) is 4. The van der Waals surface area contributed by atoms with E-state index in [4.69, 9.17) is 4.74 Å². The predicted molar refractivity (Wildman–Crippen MR) is 141 cm³/mol. The van der Waals surface area contributed by atoms with Gasteiger partial charge >= 0.3 is 0 Å². The van der Waals surface area contributed by atoms with Gasteiger partial charge in [0.25, 0.3) is 5.91 Å². The molecule has 2 N–H and O–H groups in total. The van der Waals surface area contributed by atoms with Gasteiger partial charge in [-0.15, -0.1) is 0 Å². The minimum Gasteiger partial charge on any atom is -0.496 e. The van der Waals surface area contributed by atoms with Crippen LogP contribution in [-0.4, -0.2) is 44.1 Å². The van der Waals surface area contributed by atoms with Crippen molar-refractivity contribution in [1.29, 1.82) is 0 Å². The molecule has 0 aromatic heterocycles. The normalized spacial score (nSPS) is 14.7. The summed E-state index contributed by atoms with van der Waals surface area (Å²) in [6.07, 6.45) is 2.20. The van der Waals surface area contributed by atoms with E-state index in [1.807, 2.05) is 55.6 Å². The van der Waals surface area contributed by atoms with Crippen molar-refractivity contribution in [3.63, 3.8) is 0 Å². The zero-order valence-electron chi connectivity index (χ0n) is 20.6. The number of piperidine rings is 1. The zero-order chi connectivity index (χ0) is 24.1. The predicted octanol–water partition coefficient (Wildman–Crippen LogP) is 6.24. The number of carbonyl (C=O) groups excluding carboxylic acids is 1. The van der Waals surface area contributed by atoms with E-state index in [1.165, 1.54) is 5.56 Å². The molecule has 3 aromatic rings. The molecular formula is C29H35N3O2. The summed E-state index contributed by atoms with van der Waals surface area (Å²) in [5.74, 6) is 1.23. The molecule has 5 nitrogen and oxygen atoms in total. The fraction of sp³-hybridized carbons (Fsp3) is 0.345. The first kappa shape index (κ1) is 23.8. The standard InChI is InChI=1S/C29H35N3O2/c1-20(2)32-16-14-22(15-17-32)27-19-26(12-13-28(27)34-4)31-29(33)23-10-8-21(9-11-23)24-6-5-7-25(18-24)30-3/h5-13,18-20,22,30H,14-17H2,1-4H3,(H,31,33). The van der Waals surface area contributed by atoms with E-state index < -0.39 is 0 Å². The Labute approximate surface area is 203 Å². The lowest BCUT2D eigenvalue weighted by Gasteiger charge is -2.35. The molecule has 1 aliphatic rings. The highest BCUT2D eigenvalue weighted by Crippen LogP contribution is 2.36. The van der Waals surface area contributed by atoms with Crippen molar-refractivity contribution in [3.8, 4) is 16.9 Å². The van der Waals surface area contributed by atoms with Crippen LogP contribution in [0.4, 0.5) is 11.4 Å². The maximum atomic E-state index is 13.0. The van der Waals surface area contributed by atoms with Crippen LogP contribution in [0.5, 0.6) is 5.75 Å². The Morgan fingerprint density at radius 3 is 2.32 bits per heavy atom. The topological polar surface area (TPSA) is 53.6 Å². The lowest BCUT2D eigenvalue weighted by Crippen LogP contribution is -2.37. The van der Waals surface area contributed by atoms with Gasteiger partial charge in [0, 0.05) is 30.0 Å². The summed E-state index contributed by atoms with van der Waals surface area (Å²) in [4.78, 5) is 15.5. The number of amides is 1. The number of nitrogens with zero attached hydrogens (tertiary/aromatic N) is 1. The molecule has 1 amide bonds. The number of anilines is 2. The first-order valence-corrected chi connectivity index (χ1v) is 12.1. The van der Waals surface area contributed by atoms with Gasteiger partial charge in [-0.3, -0.25) is 4.79 Å². The second kappa shape index (κ2) is 10.7. The summed E-state index contributed by atoms with van der Waals surface area (Å²) in [7, 11) is 3.62. The van der Waals surface area contributed by atoms with Crippen LogP contribution >= 0.6 is 0 Å². The van der Waals surface area contributed by atoms with Gasteiger partial charge in [0.05, 0.1) is 7.11 Å². The van der Waals surface area contributed by atoms with Gasteiger partial charge in [0.15, 0.2) is 0 Å². The summed E-state index contributed by atoms with van der Waals surface area (Å²) in [6.45, 7) is 6.68. The third kappa shape index (κ3) is 5.42. The van der Waals surface area contributed by atoms with Crippen LogP contribution in [0, 0.1) is 0 Å². The molecule has 1 aliphatic heterocycles. The molecule has 0 saturated carbocycles. The molecule has 1 heterocycles. The summed E-state index contributed by atoms with van der Waals surface area (Å²) in [5, 5.41) is 6.24. The Balaban J connectivity index is 1.47. The van der Waals surface area contributed by atoms with Crippen LogP contribution in [0.15, 0.2) is 66.7 Å². The number of methoxy groups -OCH3 is 1. The summed E-state index contributed by atoms with van der Waals surface area (Å²) >= 11 is 0. The monoisotopic (exact) mass is 457 g/mol. The molecule has 0 radical (unpaired) electrons. The third-order valence-corrected chi connectivity index (χ3v) is 6.82.